The molecule has 0 aliphatic rings. The number of rotatable bonds is 8. The molecule has 1 N–H and O–H groups in total. The van der Waals surface area contributed by atoms with E-state index in [1.165, 1.54) is 0 Å². The smallest absolute Gasteiger partial charge is 0.270 e. The third-order valence-corrected chi connectivity index (χ3v) is 3.90. The van der Waals surface area contributed by atoms with Gasteiger partial charge < -0.3 is 10.2 Å². The van der Waals surface area contributed by atoms with Crippen LogP contribution in [0.4, 0.5) is 0 Å². The molecule has 2 aromatic rings. The largest absolute Gasteiger partial charge is 0.337 e. The van der Waals surface area contributed by atoms with E-state index in [-0.39, 0.29) is 11.8 Å². The second-order valence-corrected chi connectivity index (χ2v) is 6.08. The number of nitrogens with zero attached hydrogens (tertiary/aromatic N) is 1. The second-order valence-electron chi connectivity index (χ2n) is 6.08. The van der Waals surface area contributed by atoms with Crippen molar-refractivity contribution >= 4 is 17.9 Å². The Morgan fingerprint density at radius 1 is 0.885 bits per heavy atom. The molecule has 0 aliphatic carbocycles. The minimum atomic E-state index is -0.283. The highest BCUT2D eigenvalue weighted by atomic mass is 16.2. The van der Waals surface area contributed by atoms with Crippen LogP contribution >= 0.6 is 0 Å². The fourth-order valence-corrected chi connectivity index (χ4v) is 2.68. The Kier molecular flexibility index (Phi) is 7.62. The summed E-state index contributed by atoms with van der Waals surface area (Å²) in [6.45, 7) is 5.41. The van der Waals surface area contributed by atoms with Crippen LogP contribution in [-0.4, -0.2) is 29.8 Å². The summed E-state index contributed by atoms with van der Waals surface area (Å²) in [5, 5.41) is 2.81. The van der Waals surface area contributed by atoms with Crippen LogP contribution in [0, 0.1) is 0 Å². The lowest BCUT2D eigenvalue weighted by molar-refractivity contribution is -0.127. The Bertz CT molecular complexity index is 733. The van der Waals surface area contributed by atoms with Crippen molar-refractivity contribution in [1.82, 2.24) is 10.2 Å². The minimum absolute atomic E-state index is 0.151. The highest BCUT2D eigenvalue weighted by molar-refractivity contribution is 6.05. The van der Waals surface area contributed by atoms with Crippen molar-refractivity contribution in [1.29, 1.82) is 0 Å². The molecule has 0 atom stereocenters. The second kappa shape index (κ2) is 10.2. The predicted octanol–water partition coefficient (Wildman–Crippen LogP) is 4.11. The Hall–Kier alpha value is -2.88. The van der Waals surface area contributed by atoms with Crippen molar-refractivity contribution in [3.8, 4) is 0 Å². The van der Waals surface area contributed by atoms with E-state index in [0.717, 1.165) is 18.4 Å². The lowest BCUT2D eigenvalue weighted by Crippen LogP contribution is -2.39. The monoisotopic (exact) mass is 350 g/mol. The highest BCUT2D eigenvalue weighted by Gasteiger charge is 2.19. The van der Waals surface area contributed by atoms with Crippen molar-refractivity contribution in [3.63, 3.8) is 0 Å². The van der Waals surface area contributed by atoms with Crippen molar-refractivity contribution < 1.29 is 9.59 Å². The van der Waals surface area contributed by atoms with Gasteiger partial charge in [-0.1, -0.05) is 62.4 Å². The Labute approximate surface area is 155 Å². The van der Waals surface area contributed by atoms with E-state index in [1.54, 1.807) is 35.2 Å². The topological polar surface area (TPSA) is 49.4 Å². The molecule has 0 bridgehead atoms. The summed E-state index contributed by atoms with van der Waals surface area (Å²) in [4.78, 5) is 27.4. The van der Waals surface area contributed by atoms with Crippen molar-refractivity contribution in [3.05, 3.63) is 77.5 Å². The lowest BCUT2D eigenvalue weighted by Gasteiger charge is -2.23. The maximum Gasteiger partial charge on any atom is 0.270 e. The number of nitrogens with one attached hydrogen (secondary N) is 1. The molecule has 26 heavy (non-hydrogen) atoms. The maximum atomic E-state index is 13.0. The normalized spacial score (nSPS) is 11.1. The first-order valence-electron chi connectivity index (χ1n) is 9.08. The number of hydrogen-bond acceptors (Lipinski definition) is 2. The van der Waals surface area contributed by atoms with Gasteiger partial charge in [0.2, 0.25) is 0 Å². The quantitative estimate of drug-likeness (QED) is 0.729. The standard InChI is InChI=1S/C22H26N2O2/c1-3-15-24(16-4-2)22(26)20(17-18-11-7-5-8-12-18)23-21(25)19-13-9-6-10-14-19/h5-14,17H,3-4,15-16H2,1-2H3,(H,23,25)/b20-17+. The van der Waals surface area contributed by atoms with Crippen molar-refractivity contribution in [2.75, 3.05) is 13.1 Å². The van der Waals surface area contributed by atoms with Crippen LogP contribution in [0.25, 0.3) is 6.08 Å². The molecule has 2 rings (SSSR count). The van der Waals surface area contributed by atoms with E-state index in [4.69, 9.17) is 0 Å². The first kappa shape index (κ1) is 19.4. The number of hydrogen-bond donors (Lipinski definition) is 1. The molecular weight excluding hydrogens is 324 g/mol. The molecule has 4 heteroatoms. The summed E-state index contributed by atoms with van der Waals surface area (Å²) in [6, 6.07) is 18.5. The van der Waals surface area contributed by atoms with Gasteiger partial charge in [0.25, 0.3) is 11.8 Å². The van der Waals surface area contributed by atoms with Crippen LogP contribution in [0.2, 0.25) is 0 Å². The molecule has 0 heterocycles. The van der Waals surface area contributed by atoms with E-state index >= 15 is 0 Å². The minimum Gasteiger partial charge on any atom is -0.337 e. The van der Waals surface area contributed by atoms with Crippen LogP contribution in [0.1, 0.15) is 42.6 Å². The first-order valence-corrected chi connectivity index (χ1v) is 9.08. The van der Waals surface area contributed by atoms with Gasteiger partial charge in [0.05, 0.1) is 0 Å². The molecule has 0 spiro atoms. The van der Waals surface area contributed by atoms with Gasteiger partial charge in [0, 0.05) is 18.7 Å². The lowest BCUT2D eigenvalue weighted by atomic mass is 10.1. The molecule has 2 amide bonds. The molecular formula is C22H26N2O2. The fraction of sp³-hybridized carbons (Fsp3) is 0.273. The molecule has 0 saturated carbocycles. The zero-order chi connectivity index (χ0) is 18.8. The van der Waals surface area contributed by atoms with Gasteiger partial charge in [-0.2, -0.15) is 0 Å². The summed E-state index contributed by atoms with van der Waals surface area (Å²) in [5.41, 5.74) is 1.70. The van der Waals surface area contributed by atoms with Gasteiger partial charge in [0.1, 0.15) is 5.70 Å². The predicted molar refractivity (Wildman–Crippen MR) is 105 cm³/mol. The molecule has 0 aliphatic heterocycles. The average molecular weight is 350 g/mol. The zero-order valence-electron chi connectivity index (χ0n) is 15.4. The third kappa shape index (κ3) is 5.59. The van der Waals surface area contributed by atoms with Crippen LogP contribution in [-0.2, 0) is 4.79 Å². The van der Waals surface area contributed by atoms with Crippen LogP contribution in [0.15, 0.2) is 66.4 Å². The van der Waals surface area contributed by atoms with Crippen molar-refractivity contribution in [2.24, 2.45) is 0 Å². The van der Waals surface area contributed by atoms with Crippen LogP contribution in [0.5, 0.6) is 0 Å². The number of carbonyl (C=O) groups is 2. The van der Waals surface area contributed by atoms with E-state index < -0.39 is 0 Å². The molecule has 0 aromatic heterocycles. The molecule has 2 aromatic carbocycles. The Morgan fingerprint density at radius 3 is 1.96 bits per heavy atom. The van der Waals surface area contributed by atoms with Gasteiger partial charge >= 0.3 is 0 Å². The molecule has 136 valence electrons. The zero-order valence-corrected chi connectivity index (χ0v) is 15.4. The summed E-state index contributed by atoms with van der Waals surface area (Å²) in [5.74, 6) is -0.434. The van der Waals surface area contributed by atoms with Gasteiger partial charge in [-0.3, -0.25) is 9.59 Å². The summed E-state index contributed by atoms with van der Waals surface area (Å²) in [7, 11) is 0. The van der Waals surface area contributed by atoms with Crippen LogP contribution < -0.4 is 5.32 Å². The van der Waals surface area contributed by atoms with Gasteiger partial charge in [-0.05, 0) is 36.6 Å². The molecule has 4 nitrogen and oxygen atoms in total. The van der Waals surface area contributed by atoms with Gasteiger partial charge in [0.15, 0.2) is 0 Å². The average Bonchev–Trinajstić information content (AvgIpc) is 2.68. The first-order chi connectivity index (χ1) is 12.7. The SMILES string of the molecule is CCCN(CCC)C(=O)/C(=C\c1ccccc1)NC(=O)c1ccccc1. The van der Waals surface area contributed by atoms with Crippen LogP contribution in [0.3, 0.4) is 0 Å². The van der Waals surface area contributed by atoms with E-state index in [0.29, 0.717) is 24.4 Å². The number of amides is 2. The summed E-state index contributed by atoms with van der Waals surface area (Å²) in [6.07, 6.45) is 3.48. The van der Waals surface area contributed by atoms with E-state index in [2.05, 4.69) is 5.32 Å². The van der Waals surface area contributed by atoms with Gasteiger partial charge in [-0.25, -0.2) is 0 Å². The van der Waals surface area contributed by atoms with E-state index in [1.807, 2.05) is 50.2 Å². The maximum absolute atomic E-state index is 13.0. The third-order valence-electron chi connectivity index (χ3n) is 3.90. The molecule has 0 saturated heterocycles. The fourth-order valence-electron chi connectivity index (χ4n) is 2.68. The molecule has 0 radical (unpaired) electrons. The summed E-state index contributed by atoms with van der Waals surface area (Å²) >= 11 is 0. The molecule has 0 fully saturated rings. The van der Waals surface area contributed by atoms with E-state index in [9.17, 15) is 9.59 Å². The van der Waals surface area contributed by atoms with Crippen molar-refractivity contribution in [2.45, 2.75) is 26.7 Å². The Balaban J connectivity index is 2.31. The Morgan fingerprint density at radius 2 is 1.42 bits per heavy atom. The summed E-state index contributed by atoms with van der Waals surface area (Å²) < 4.78 is 0. The highest BCUT2D eigenvalue weighted by Crippen LogP contribution is 2.10. The number of benzene rings is 2. The number of carbonyl (C=O) groups excluding carboxylic acids is 2. The molecule has 0 unspecified atom stereocenters. The van der Waals surface area contributed by atoms with Gasteiger partial charge in [-0.15, -0.1) is 0 Å².